The van der Waals surface area contributed by atoms with E-state index in [-0.39, 0.29) is 16.1 Å². The molecule has 0 aromatic carbocycles. The lowest BCUT2D eigenvalue weighted by molar-refractivity contribution is 0.777. The van der Waals surface area contributed by atoms with Crippen LogP contribution in [0.3, 0.4) is 0 Å². The minimum atomic E-state index is 0.169. The highest BCUT2D eigenvalue weighted by Crippen LogP contribution is 2.70. The molecule has 0 amide bonds. The zero-order valence-electron chi connectivity index (χ0n) is 11.5. The first-order valence-corrected chi connectivity index (χ1v) is 9.69. The molecule has 4 heteroatoms. The van der Waals surface area contributed by atoms with Gasteiger partial charge in [0, 0.05) is 0 Å². The Balaban J connectivity index is 2.08. The third kappa shape index (κ3) is 2.36. The molecule has 0 unspecified atom stereocenters. The van der Waals surface area contributed by atoms with Gasteiger partial charge in [0.2, 0.25) is 0 Å². The molecule has 2 aliphatic rings. The van der Waals surface area contributed by atoms with Gasteiger partial charge in [0.15, 0.2) is 7.98 Å². The van der Waals surface area contributed by atoms with Crippen molar-refractivity contribution in [1.29, 1.82) is 0 Å². The van der Waals surface area contributed by atoms with Gasteiger partial charge in [0.05, 0.1) is 0 Å². The summed E-state index contributed by atoms with van der Waals surface area (Å²) in [5.74, 6) is 0. The predicted octanol–water partition coefficient (Wildman–Crippen LogP) is 3.77. The van der Waals surface area contributed by atoms with Gasteiger partial charge in [-0.2, -0.15) is 0 Å². The highest BCUT2D eigenvalue weighted by atomic mass is 31.2. The van der Waals surface area contributed by atoms with E-state index in [4.69, 9.17) is 0 Å². The summed E-state index contributed by atoms with van der Waals surface area (Å²) in [6.45, 7) is 9.97. The molecule has 0 aromatic heterocycles. The average Bonchev–Trinajstić information content (AvgIpc) is 2.71. The number of rotatable bonds is 2. The standard InChI is InChI=1S/C12H26BNP2/c1-9-5-6-10(2)15(9)14(13)16-11(3)7-8-12(16)4/h9-12H,5-8,13H2,1-4H3/t9-,10-,11-,12-/m1/s1. The molecule has 2 saturated heterocycles. The summed E-state index contributed by atoms with van der Waals surface area (Å²) in [5.41, 5.74) is 3.94. The van der Waals surface area contributed by atoms with Gasteiger partial charge in [-0.05, 0) is 64.5 Å². The summed E-state index contributed by atoms with van der Waals surface area (Å²) in [6, 6.07) is 0. The van der Waals surface area contributed by atoms with Crippen LogP contribution in [-0.2, 0) is 0 Å². The number of hydrogen-bond donors (Lipinski definition) is 0. The van der Waals surface area contributed by atoms with Gasteiger partial charge in [0.25, 0.3) is 0 Å². The maximum atomic E-state index is 2.88. The topological polar surface area (TPSA) is 3.24 Å². The Kier molecular flexibility index (Phi) is 4.37. The quantitative estimate of drug-likeness (QED) is 0.537. The Morgan fingerprint density at radius 3 is 1.25 bits per heavy atom. The number of nitrogens with zero attached hydrogens (tertiary/aromatic N) is 1. The summed E-state index contributed by atoms with van der Waals surface area (Å²) < 4.78 is 2.88. The van der Waals surface area contributed by atoms with E-state index in [1.54, 1.807) is 0 Å². The van der Waals surface area contributed by atoms with Crippen LogP contribution in [0.2, 0.25) is 0 Å². The summed E-state index contributed by atoms with van der Waals surface area (Å²) in [5, 5.41) is 0. The second-order valence-corrected chi connectivity index (χ2v) is 12.4. The minimum Gasteiger partial charge on any atom is -0.307 e. The fraction of sp³-hybridized carbons (Fsp3) is 1.00. The van der Waals surface area contributed by atoms with E-state index in [1.165, 1.54) is 25.7 Å². The van der Waals surface area contributed by atoms with E-state index >= 15 is 0 Å². The van der Waals surface area contributed by atoms with Gasteiger partial charge in [-0.3, -0.25) is 0 Å². The van der Waals surface area contributed by atoms with Crippen molar-refractivity contribution in [3.05, 3.63) is 0 Å². The van der Waals surface area contributed by atoms with Gasteiger partial charge in [0.1, 0.15) is 0 Å². The van der Waals surface area contributed by atoms with E-state index in [0.29, 0.717) is 0 Å². The van der Waals surface area contributed by atoms with E-state index in [0.717, 1.165) is 22.6 Å². The van der Waals surface area contributed by atoms with E-state index < -0.39 is 0 Å². The van der Waals surface area contributed by atoms with Gasteiger partial charge in [-0.25, -0.2) is 0 Å². The van der Waals surface area contributed by atoms with Gasteiger partial charge >= 0.3 is 0 Å². The maximum Gasteiger partial charge on any atom is 0.195 e. The van der Waals surface area contributed by atoms with E-state index in [2.05, 4.69) is 40.0 Å². The Hall–Kier alpha value is 0.885. The van der Waals surface area contributed by atoms with Gasteiger partial charge < -0.3 is 4.35 Å². The average molecular weight is 257 g/mol. The molecule has 1 nitrogen and oxygen atoms in total. The Morgan fingerprint density at radius 1 is 0.750 bits per heavy atom. The summed E-state index contributed by atoms with van der Waals surface area (Å²) in [7, 11) is 2.79. The molecule has 92 valence electrons. The van der Waals surface area contributed by atoms with Crippen LogP contribution >= 0.6 is 16.1 Å². The first-order chi connectivity index (χ1) is 7.52. The van der Waals surface area contributed by atoms with Gasteiger partial charge in [-0.15, -0.1) is 0 Å². The van der Waals surface area contributed by atoms with Crippen molar-refractivity contribution in [1.82, 2.24) is 4.35 Å². The van der Waals surface area contributed by atoms with Crippen molar-refractivity contribution in [2.75, 3.05) is 0 Å². The van der Waals surface area contributed by atoms with Gasteiger partial charge in [-0.1, -0.05) is 27.7 Å². The summed E-state index contributed by atoms with van der Waals surface area (Å²) in [4.78, 5) is 0. The van der Waals surface area contributed by atoms with Crippen molar-refractivity contribution in [2.24, 2.45) is 0 Å². The molecule has 0 saturated carbocycles. The zero-order chi connectivity index (χ0) is 11.9. The molecule has 0 N–H and O–H groups in total. The highest BCUT2D eigenvalue weighted by molar-refractivity contribution is 7.73. The lowest BCUT2D eigenvalue weighted by atomic mass is 10.2. The number of hydrogen-bond acceptors (Lipinski definition) is 1. The molecule has 2 fully saturated rings. The lowest BCUT2D eigenvalue weighted by Gasteiger charge is -2.40. The molecule has 0 aromatic rings. The maximum absolute atomic E-state index is 2.88. The van der Waals surface area contributed by atoms with Crippen LogP contribution in [0.5, 0.6) is 0 Å². The molecular weight excluding hydrogens is 231 g/mol. The van der Waals surface area contributed by atoms with Crippen molar-refractivity contribution in [2.45, 2.75) is 76.0 Å². The normalized spacial score (nSPS) is 42.3. The molecular formula is C12H26BNP2. The largest absolute Gasteiger partial charge is 0.307 e. The summed E-state index contributed by atoms with van der Waals surface area (Å²) >= 11 is 0. The van der Waals surface area contributed by atoms with E-state index in [9.17, 15) is 0 Å². The molecule has 0 radical (unpaired) electrons. The highest BCUT2D eigenvalue weighted by Gasteiger charge is 2.40. The molecule has 16 heavy (non-hydrogen) atoms. The van der Waals surface area contributed by atoms with Crippen LogP contribution in [0.1, 0.15) is 53.4 Å². The monoisotopic (exact) mass is 257 g/mol. The van der Waals surface area contributed by atoms with Crippen LogP contribution in [0.25, 0.3) is 0 Å². The van der Waals surface area contributed by atoms with Crippen molar-refractivity contribution >= 4 is 24.1 Å². The molecule has 4 atom stereocenters. The Morgan fingerprint density at radius 2 is 1.00 bits per heavy atom. The zero-order valence-corrected chi connectivity index (χ0v) is 13.3. The molecule has 0 bridgehead atoms. The molecule has 0 aliphatic carbocycles. The predicted molar refractivity (Wildman–Crippen MR) is 80.5 cm³/mol. The third-order valence-corrected chi connectivity index (χ3v) is 11.7. The van der Waals surface area contributed by atoms with Crippen LogP contribution in [0, 0.1) is 0 Å². The third-order valence-electron chi connectivity index (χ3n) is 4.48. The smallest absolute Gasteiger partial charge is 0.195 e. The first-order valence-electron chi connectivity index (χ1n) is 6.82. The van der Waals surface area contributed by atoms with Crippen molar-refractivity contribution < 1.29 is 0 Å². The second kappa shape index (κ2) is 5.25. The lowest BCUT2D eigenvalue weighted by Crippen LogP contribution is -2.20. The SMILES string of the molecule is BN(P1[C@H](C)CC[C@H]1C)P1[C@H](C)CC[C@H]1C. The molecule has 0 spiro atoms. The first kappa shape index (κ1) is 13.3. The second-order valence-electron chi connectivity index (χ2n) is 5.80. The molecule has 2 heterocycles. The molecule has 2 aliphatic heterocycles. The fourth-order valence-corrected chi connectivity index (χ4v) is 12.4. The van der Waals surface area contributed by atoms with Crippen molar-refractivity contribution in [3.8, 4) is 0 Å². The minimum absolute atomic E-state index is 0.169. The fourth-order valence-electron chi connectivity index (χ4n) is 3.62. The summed E-state index contributed by atoms with van der Waals surface area (Å²) in [6.07, 6.45) is 5.90. The van der Waals surface area contributed by atoms with Crippen LogP contribution < -0.4 is 0 Å². The van der Waals surface area contributed by atoms with Crippen LogP contribution in [0.15, 0.2) is 0 Å². The van der Waals surface area contributed by atoms with Crippen LogP contribution in [0.4, 0.5) is 0 Å². The van der Waals surface area contributed by atoms with E-state index in [1.807, 2.05) is 0 Å². The Bertz CT molecular complexity index is 207. The van der Waals surface area contributed by atoms with Crippen molar-refractivity contribution in [3.63, 3.8) is 0 Å². The van der Waals surface area contributed by atoms with Crippen LogP contribution in [-0.4, -0.2) is 35.0 Å². The Labute approximate surface area is 105 Å². The molecule has 2 rings (SSSR count).